The zero-order valence-corrected chi connectivity index (χ0v) is 13.0. The Morgan fingerprint density at radius 2 is 1.81 bits per heavy atom. The van der Waals surface area contributed by atoms with Gasteiger partial charge in [0.2, 0.25) is 5.91 Å². The number of nitrogens with zero attached hydrogens (tertiary/aromatic N) is 2. The third kappa shape index (κ3) is 2.81. The first-order valence-corrected chi connectivity index (χ1v) is 7.48. The standard InChI is InChI=1S/C17H22N2O2/c1-12-8-15-14(11-21-16(15)9-13(12)2)10-17(20)19-6-4-18(3)5-7-19/h8-9,11H,4-7,10H2,1-3H3. The third-order valence-corrected chi connectivity index (χ3v) is 4.47. The average molecular weight is 286 g/mol. The molecule has 0 radical (unpaired) electrons. The van der Waals surface area contributed by atoms with Crippen LogP contribution in [0.25, 0.3) is 11.0 Å². The van der Waals surface area contributed by atoms with Crippen LogP contribution in [0.4, 0.5) is 0 Å². The van der Waals surface area contributed by atoms with Crippen LogP contribution in [0, 0.1) is 13.8 Å². The lowest BCUT2D eigenvalue weighted by molar-refractivity contribution is -0.132. The highest BCUT2D eigenvalue weighted by atomic mass is 16.3. The van der Waals surface area contributed by atoms with Crippen molar-refractivity contribution in [2.75, 3.05) is 33.2 Å². The van der Waals surface area contributed by atoms with Crippen molar-refractivity contribution in [2.24, 2.45) is 0 Å². The number of likely N-dealkylation sites (N-methyl/N-ethyl adjacent to an activating group) is 1. The van der Waals surface area contributed by atoms with Gasteiger partial charge in [0.25, 0.3) is 0 Å². The van der Waals surface area contributed by atoms with E-state index in [1.807, 2.05) is 4.90 Å². The summed E-state index contributed by atoms with van der Waals surface area (Å²) in [7, 11) is 2.09. The van der Waals surface area contributed by atoms with Crippen molar-refractivity contribution >= 4 is 16.9 Å². The Bertz CT molecular complexity index is 667. The predicted molar refractivity (Wildman–Crippen MR) is 83.5 cm³/mol. The van der Waals surface area contributed by atoms with Crippen molar-refractivity contribution < 1.29 is 9.21 Å². The zero-order valence-electron chi connectivity index (χ0n) is 13.0. The maximum absolute atomic E-state index is 12.4. The number of carbonyl (C=O) groups excluding carboxylic acids is 1. The SMILES string of the molecule is Cc1cc2occ(CC(=O)N3CCN(C)CC3)c2cc1C. The number of fused-ring (bicyclic) bond motifs is 1. The summed E-state index contributed by atoms with van der Waals surface area (Å²) in [6.07, 6.45) is 2.16. The van der Waals surface area contributed by atoms with Gasteiger partial charge in [-0.2, -0.15) is 0 Å². The number of furan rings is 1. The Labute approximate surface area is 125 Å². The first kappa shape index (κ1) is 14.1. The smallest absolute Gasteiger partial charge is 0.227 e. The fourth-order valence-electron chi connectivity index (χ4n) is 2.80. The highest BCUT2D eigenvalue weighted by Crippen LogP contribution is 2.25. The van der Waals surface area contributed by atoms with E-state index in [-0.39, 0.29) is 5.91 Å². The molecule has 0 bridgehead atoms. The van der Waals surface area contributed by atoms with E-state index in [9.17, 15) is 4.79 Å². The summed E-state index contributed by atoms with van der Waals surface area (Å²) in [4.78, 5) is 16.6. The maximum Gasteiger partial charge on any atom is 0.227 e. The van der Waals surface area contributed by atoms with Crippen LogP contribution in [-0.4, -0.2) is 48.9 Å². The second kappa shape index (κ2) is 5.53. The third-order valence-electron chi connectivity index (χ3n) is 4.47. The molecule has 1 aliphatic rings. The summed E-state index contributed by atoms with van der Waals surface area (Å²) in [5.74, 6) is 0.198. The Kier molecular flexibility index (Phi) is 3.72. The van der Waals surface area contributed by atoms with E-state index >= 15 is 0 Å². The van der Waals surface area contributed by atoms with E-state index < -0.39 is 0 Å². The van der Waals surface area contributed by atoms with Crippen LogP contribution in [0.3, 0.4) is 0 Å². The Morgan fingerprint density at radius 3 is 2.52 bits per heavy atom. The minimum absolute atomic E-state index is 0.198. The summed E-state index contributed by atoms with van der Waals surface area (Å²) in [5.41, 5.74) is 4.32. The summed E-state index contributed by atoms with van der Waals surface area (Å²) >= 11 is 0. The Hall–Kier alpha value is -1.81. The van der Waals surface area contributed by atoms with Crippen molar-refractivity contribution in [1.82, 2.24) is 9.80 Å². The second-order valence-corrected chi connectivity index (χ2v) is 6.05. The summed E-state index contributed by atoms with van der Waals surface area (Å²) in [6, 6.07) is 4.18. The highest BCUT2D eigenvalue weighted by molar-refractivity contribution is 5.88. The molecule has 1 aliphatic heterocycles. The van der Waals surface area contributed by atoms with E-state index in [0.29, 0.717) is 6.42 Å². The molecule has 1 saturated heterocycles. The van der Waals surface area contributed by atoms with Gasteiger partial charge in [-0.3, -0.25) is 4.79 Å². The molecule has 2 heterocycles. The largest absolute Gasteiger partial charge is 0.464 e. The van der Waals surface area contributed by atoms with E-state index in [1.165, 1.54) is 11.1 Å². The molecule has 1 amide bonds. The average Bonchev–Trinajstić information content (AvgIpc) is 2.82. The monoisotopic (exact) mass is 286 g/mol. The van der Waals surface area contributed by atoms with Crippen LogP contribution in [0.1, 0.15) is 16.7 Å². The topological polar surface area (TPSA) is 36.7 Å². The molecule has 0 saturated carbocycles. The zero-order chi connectivity index (χ0) is 15.0. The van der Waals surface area contributed by atoms with E-state index in [2.05, 4.69) is 37.9 Å². The molecule has 21 heavy (non-hydrogen) atoms. The van der Waals surface area contributed by atoms with Gasteiger partial charge in [0, 0.05) is 37.1 Å². The fourth-order valence-corrected chi connectivity index (χ4v) is 2.80. The first-order chi connectivity index (χ1) is 10.0. The normalized spacial score (nSPS) is 16.6. The van der Waals surface area contributed by atoms with Crippen LogP contribution < -0.4 is 0 Å². The molecule has 4 nitrogen and oxygen atoms in total. The number of hydrogen-bond acceptors (Lipinski definition) is 3. The minimum Gasteiger partial charge on any atom is -0.464 e. The molecule has 0 spiro atoms. The van der Waals surface area contributed by atoms with Crippen LogP contribution in [-0.2, 0) is 11.2 Å². The van der Waals surface area contributed by atoms with Gasteiger partial charge in [-0.15, -0.1) is 0 Å². The molecule has 3 rings (SSSR count). The van der Waals surface area contributed by atoms with Crippen LogP contribution in [0.2, 0.25) is 0 Å². The lowest BCUT2D eigenvalue weighted by Gasteiger charge is -2.32. The van der Waals surface area contributed by atoms with Gasteiger partial charge in [-0.1, -0.05) is 0 Å². The lowest BCUT2D eigenvalue weighted by atomic mass is 10.0. The number of piperazine rings is 1. The Balaban J connectivity index is 1.78. The molecule has 0 unspecified atom stereocenters. The van der Waals surface area contributed by atoms with Gasteiger partial charge in [0.1, 0.15) is 5.58 Å². The highest BCUT2D eigenvalue weighted by Gasteiger charge is 2.20. The number of carbonyl (C=O) groups is 1. The molecule has 1 aromatic heterocycles. The molecule has 0 aliphatic carbocycles. The van der Waals surface area contributed by atoms with E-state index in [0.717, 1.165) is 42.7 Å². The van der Waals surface area contributed by atoms with Crippen molar-refractivity contribution in [3.8, 4) is 0 Å². The molecule has 0 atom stereocenters. The summed E-state index contributed by atoms with van der Waals surface area (Å²) in [6.45, 7) is 7.72. The number of benzene rings is 1. The molecule has 0 N–H and O–H groups in total. The van der Waals surface area contributed by atoms with Gasteiger partial charge in [0.15, 0.2) is 0 Å². The number of aryl methyl sites for hydroxylation is 2. The first-order valence-electron chi connectivity index (χ1n) is 7.48. The van der Waals surface area contributed by atoms with Crippen molar-refractivity contribution in [3.63, 3.8) is 0 Å². The van der Waals surface area contributed by atoms with Gasteiger partial charge in [0.05, 0.1) is 12.7 Å². The van der Waals surface area contributed by atoms with Crippen molar-refractivity contribution in [2.45, 2.75) is 20.3 Å². The van der Waals surface area contributed by atoms with Gasteiger partial charge in [-0.05, 0) is 44.2 Å². The van der Waals surface area contributed by atoms with E-state index in [4.69, 9.17) is 4.42 Å². The molecule has 4 heteroatoms. The summed E-state index contributed by atoms with van der Waals surface area (Å²) in [5, 5.41) is 1.07. The van der Waals surface area contributed by atoms with Crippen LogP contribution in [0.15, 0.2) is 22.8 Å². The molecular formula is C17H22N2O2. The maximum atomic E-state index is 12.4. The predicted octanol–water partition coefficient (Wildman–Crippen LogP) is 2.37. The number of amides is 1. The van der Waals surface area contributed by atoms with Gasteiger partial charge in [-0.25, -0.2) is 0 Å². The quantitative estimate of drug-likeness (QED) is 0.850. The lowest BCUT2D eigenvalue weighted by Crippen LogP contribution is -2.47. The molecule has 2 aromatic rings. The molecule has 112 valence electrons. The van der Waals surface area contributed by atoms with Crippen LogP contribution >= 0.6 is 0 Å². The second-order valence-electron chi connectivity index (χ2n) is 6.05. The van der Waals surface area contributed by atoms with Crippen molar-refractivity contribution in [1.29, 1.82) is 0 Å². The molecule has 1 aromatic carbocycles. The fraction of sp³-hybridized carbons (Fsp3) is 0.471. The van der Waals surface area contributed by atoms with Crippen molar-refractivity contribution in [3.05, 3.63) is 35.1 Å². The number of rotatable bonds is 2. The number of hydrogen-bond donors (Lipinski definition) is 0. The molecule has 1 fully saturated rings. The van der Waals surface area contributed by atoms with Gasteiger partial charge >= 0.3 is 0 Å². The van der Waals surface area contributed by atoms with E-state index in [1.54, 1.807) is 6.26 Å². The van der Waals surface area contributed by atoms with Gasteiger partial charge < -0.3 is 14.2 Å². The van der Waals surface area contributed by atoms with Crippen LogP contribution in [0.5, 0.6) is 0 Å². The molecular weight excluding hydrogens is 264 g/mol. The Morgan fingerprint density at radius 1 is 1.14 bits per heavy atom. The summed E-state index contributed by atoms with van der Waals surface area (Å²) < 4.78 is 5.61. The minimum atomic E-state index is 0.198.